The Morgan fingerprint density at radius 3 is 2.74 bits per heavy atom. The molecular weight excluding hydrogens is 413 g/mol. The van der Waals surface area contributed by atoms with Crippen LogP contribution in [0.4, 0.5) is 24.7 Å². The Labute approximate surface area is 174 Å². The van der Waals surface area contributed by atoms with E-state index in [1.165, 1.54) is 30.5 Å². The maximum absolute atomic E-state index is 12.8. The van der Waals surface area contributed by atoms with Crippen molar-refractivity contribution in [3.63, 3.8) is 0 Å². The number of aromatic amines is 1. The number of halogens is 3. The number of nitrogens with one attached hydrogen (secondary N) is 2. The number of hydrogen-bond acceptors (Lipinski definition) is 6. The lowest BCUT2D eigenvalue weighted by Crippen LogP contribution is -2.30. The smallest absolute Gasteiger partial charge is 0.379 e. The van der Waals surface area contributed by atoms with Gasteiger partial charge < -0.3 is 20.8 Å². The molecule has 4 N–H and O–H groups in total. The molecule has 1 aromatic carbocycles. The predicted octanol–water partition coefficient (Wildman–Crippen LogP) is 3.13. The van der Waals surface area contributed by atoms with E-state index in [1.54, 1.807) is 10.7 Å². The summed E-state index contributed by atoms with van der Waals surface area (Å²) in [6.07, 6.45) is -2.50. The summed E-state index contributed by atoms with van der Waals surface area (Å²) in [7, 11) is 0. The van der Waals surface area contributed by atoms with E-state index in [2.05, 4.69) is 21.5 Å². The van der Waals surface area contributed by atoms with Crippen molar-refractivity contribution in [2.75, 3.05) is 18.5 Å². The fourth-order valence-electron chi connectivity index (χ4n) is 3.65. The summed E-state index contributed by atoms with van der Waals surface area (Å²) in [5.41, 5.74) is 5.73. The van der Waals surface area contributed by atoms with E-state index in [0.29, 0.717) is 24.2 Å². The van der Waals surface area contributed by atoms with Gasteiger partial charge in [0.1, 0.15) is 11.4 Å². The number of ether oxygens (including phenoxy) is 1. The van der Waals surface area contributed by atoms with Crippen LogP contribution in [-0.4, -0.2) is 34.2 Å². The molecule has 3 atom stereocenters. The van der Waals surface area contributed by atoms with E-state index in [-0.39, 0.29) is 40.9 Å². The van der Waals surface area contributed by atoms with Crippen molar-refractivity contribution in [1.29, 1.82) is 5.26 Å². The Kier molecular flexibility index (Phi) is 5.43. The van der Waals surface area contributed by atoms with Crippen LogP contribution < -0.4 is 16.6 Å². The van der Waals surface area contributed by atoms with Crippen LogP contribution in [0, 0.1) is 17.2 Å². The third kappa shape index (κ3) is 3.99. The van der Waals surface area contributed by atoms with Gasteiger partial charge in [-0.3, -0.25) is 9.48 Å². The van der Waals surface area contributed by atoms with Crippen LogP contribution in [0.1, 0.15) is 24.1 Å². The minimum absolute atomic E-state index is 0.0810. The van der Waals surface area contributed by atoms with Gasteiger partial charge in [-0.2, -0.15) is 23.5 Å². The van der Waals surface area contributed by atoms with Crippen LogP contribution in [-0.2, 0) is 4.74 Å². The summed E-state index contributed by atoms with van der Waals surface area (Å²) < 4.78 is 45.6. The molecule has 1 saturated heterocycles. The monoisotopic (exact) mass is 432 g/mol. The minimum Gasteiger partial charge on any atom is -0.379 e. The van der Waals surface area contributed by atoms with Gasteiger partial charge in [-0.1, -0.05) is 12.1 Å². The molecule has 3 aromatic rings. The number of nitrogens with two attached hydrogens (primary N) is 1. The van der Waals surface area contributed by atoms with Crippen LogP contribution >= 0.6 is 0 Å². The summed E-state index contributed by atoms with van der Waals surface area (Å²) in [4.78, 5) is 15.1. The van der Waals surface area contributed by atoms with Gasteiger partial charge in [0.25, 0.3) is 5.56 Å². The molecule has 1 fully saturated rings. The zero-order valence-electron chi connectivity index (χ0n) is 16.2. The number of hydrogen-bond donors (Lipinski definition) is 3. The Hall–Kier alpha value is -3.36. The van der Waals surface area contributed by atoms with Gasteiger partial charge in [-0.05, 0) is 30.2 Å². The van der Waals surface area contributed by atoms with Crippen molar-refractivity contribution in [2.45, 2.75) is 24.7 Å². The number of fused-ring (bicyclic) bond motifs is 1. The van der Waals surface area contributed by atoms with Crippen molar-refractivity contribution in [3.8, 4) is 6.07 Å². The molecule has 0 radical (unpaired) electrons. The first-order chi connectivity index (χ1) is 14.8. The standard InChI is InChI=1S/C20H19F3N6O2/c21-20(22,23)17(25)11-1-3-13(4-2-11)27-18-16-14(5-7-26-19(16)30)29(28-18)15-10-31-8-6-12(15)9-24/h1-5,7,12,15,17H,6,8,10,25H2,(H,26,30)(H,27,28). The van der Waals surface area contributed by atoms with Crippen LogP contribution in [0.25, 0.3) is 10.9 Å². The number of H-pyrrole nitrogens is 1. The number of aromatic nitrogens is 3. The SMILES string of the molecule is N#CC1CCOCC1n1nc(Nc2ccc(C(N)C(F)(F)F)cc2)c2c(=O)[nH]ccc21. The second kappa shape index (κ2) is 8.05. The fraction of sp³-hybridized carbons (Fsp3) is 0.350. The highest BCUT2D eigenvalue weighted by atomic mass is 19.4. The van der Waals surface area contributed by atoms with Crippen molar-refractivity contribution >= 4 is 22.4 Å². The number of nitriles is 1. The predicted molar refractivity (Wildman–Crippen MR) is 107 cm³/mol. The topological polar surface area (TPSA) is 122 Å². The average Bonchev–Trinajstić information content (AvgIpc) is 3.12. The zero-order valence-corrected chi connectivity index (χ0v) is 16.2. The molecule has 3 heterocycles. The maximum atomic E-state index is 12.8. The molecule has 162 valence electrons. The Bertz CT molecular complexity index is 1180. The van der Waals surface area contributed by atoms with Crippen LogP contribution in [0.15, 0.2) is 41.3 Å². The summed E-state index contributed by atoms with van der Waals surface area (Å²) >= 11 is 0. The summed E-state index contributed by atoms with van der Waals surface area (Å²) in [5.74, 6) is -0.0980. The molecule has 31 heavy (non-hydrogen) atoms. The molecule has 11 heteroatoms. The lowest BCUT2D eigenvalue weighted by atomic mass is 9.96. The molecular formula is C20H19F3N6O2. The van der Waals surface area contributed by atoms with E-state index >= 15 is 0 Å². The van der Waals surface area contributed by atoms with Gasteiger partial charge in [0.05, 0.1) is 30.2 Å². The summed E-state index contributed by atoms with van der Waals surface area (Å²) in [6.45, 7) is 0.761. The number of benzene rings is 1. The fourth-order valence-corrected chi connectivity index (χ4v) is 3.65. The van der Waals surface area contributed by atoms with Gasteiger partial charge >= 0.3 is 6.18 Å². The van der Waals surface area contributed by atoms with E-state index < -0.39 is 12.2 Å². The first-order valence-electron chi connectivity index (χ1n) is 9.56. The molecule has 3 unspecified atom stereocenters. The molecule has 0 spiro atoms. The Morgan fingerprint density at radius 2 is 2.06 bits per heavy atom. The van der Waals surface area contributed by atoms with Crippen molar-refractivity contribution in [3.05, 3.63) is 52.4 Å². The second-order valence-corrected chi connectivity index (χ2v) is 7.29. The van der Waals surface area contributed by atoms with Crippen molar-refractivity contribution in [2.24, 2.45) is 11.7 Å². The summed E-state index contributed by atoms with van der Waals surface area (Å²) in [6, 6.07) is 6.91. The van der Waals surface area contributed by atoms with Crippen molar-refractivity contribution in [1.82, 2.24) is 14.8 Å². The third-order valence-electron chi connectivity index (χ3n) is 5.32. The minimum atomic E-state index is -4.55. The number of rotatable bonds is 4. The molecule has 0 aliphatic carbocycles. The van der Waals surface area contributed by atoms with E-state index in [4.69, 9.17) is 10.5 Å². The van der Waals surface area contributed by atoms with Crippen molar-refractivity contribution < 1.29 is 17.9 Å². The molecule has 1 aliphatic heterocycles. The molecule has 8 nitrogen and oxygen atoms in total. The maximum Gasteiger partial charge on any atom is 0.407 e. The highest BCUT2D eigenvalue weighted by Gasteiger charge is 2.37. The first kappa shape index (κ1) is 20.9. The van der Waals surface area contributed by atoms with Crippen LogP contribution in [0.3, 0.4) is 0 Å². The molecule has 0 saturated carbocycles. The van der Waals surface area contributed by atoms with Gasteiger partial charge in [0.15, 0.2) is 5.82 Å². The van der Waals surface area contributed by atoms with Gasteiger partial charge in [-0.15, -0.1) is 0 Å². The molecule has 0 amide bonds. The number of alkyl halides is 3. The molecule has 0 bridgehead atoms. The quantitative estimate of drug-likeness (QED) is 0.582. The largest absolute Gasteiger partial charge is 0.407 e. The number of anilines is 2. The Balaban J connectivity index is 1.70. The molecule has 2 aromatic heterocycles. The van der Waals surface area contributed by atoms with Crippen LogP contribution in [0.5, 0.6) is 0 Å². The number of nitrogens with zero attached hydrogens (tertiary/aromatic N) is 3. The second-order valence-electron chi connectivity index (χ2n) is 7.29. The molecule has 4 rings (SSSR count). The lowest BCUT2D eigenvalue weighted by Gasteiger charge is -2.27. The van der Waals surface area contributed by atoms with Gasteiger partial charge in [0, 0.05) is 18.5 Å². The van der Waals surface area contributed by atoms with Gasteiger partial charge in [0.2, 0.25) is 0 Å². The third-order valence-corrected chi connectivity index (χ3v) is 5.32. The Morgan fingerprint density at radius 1 is 1.32 bits per heavy atom. The highest BCUT2D eigenvalue weighted by Crippen LogP contribution is 2.33. The van der Waals surface area contributed by atoms with E-state index in [1.807, 2.05) is 0 Å². The van der Waals surface area contributed by atoms with E-state index in [0.717, 1.165) is 0 Å². The zero-order chi connectivity index (χ0) is 22.2. The van der Waals surface area contributed by atoms with Gasteiger partial charge in [-0.25, -0.2) is 0 Å². The summed E-state index contributed by atoms with van der Waals surface area (Å²) in [5, 5.41) is 17.3. The average molecular weight is 432 g/mol. The highest BCUT2D eigenvalue weighted by molar-refractivity contribution is 5.91. The molecule has 1 aliphatic rings. The number of pyridine rings is 1. The van der Waals surface area contributed by atoms with E-state index in [9.17, 15) is 23.2 Å². The van der Waals surface area contributed by atoms with Crippen LogP contribution in [0.2, 0.25) is 0 Å². The lowest BCUT2D eigenvalue weighted by molar-refractivity contribution is -0.149. The first-order valence-corrected chi connectivity index (χ1v) is 9.56. The normalized spacial score (nSPS) is 20.4.